The summed E-state index contributed by atoms with van der Waals surface area (Å²) in [7, 11) is -0.251. The fraction of sp³-hybridized carbons (Fsp3) is 0.600. The number of rotatable bonds is 8. The molecule has 7 heteroatoms. The van der Waals surface area contributed by atoms with Crippen molar-refractivity contribution in [2.24, 2.45) is 0 Å². The summed E-state index contributed by atoms with van der Waals surface area (Å²) in [5.74, 6) is 5.93. The first-order valence-corrected chi connectivity index (χ1v) is 13.8. The van der Waals surface area contributed by atoms with E-state index in [0.717, 1.165) is 11.3 Å². The van der Waals surface area contributed by atoms with Crippen molar-refractivity contribution in [2.75, 3.05) is 13.7 Å². The number of methoxy groups -OCH3 is 1. The van der Waals surface area contributed by atoms with Crippen LogP contribution in [0, 0.1) is 11.8 Å². The number of carbonyl (C=O) groups is 2. The zero-order valence-corrected chi connectivity index (χ0v) is 22.0. The Bertz CT molecular complexity index is 823. The van der Waals surface area contributed by atoms with E-state index in [4.69, 9.17) is 13.9 Å². The van der Waals surface area contributed by atoms with Crippen molar-refractivity contribution in [3.8, 4) is 17.6 Å². The van der Waals surface area contributed by atoms with E-state index in [9.17, 15) is 9.59 Å². The Labute approximate surface area is 194 Å². The molecule has 0 aliphatic rings. The van der Waals surface area contributed by atoms with E-state index in [1.54, 1.807) is 27.9 Å². The Balaban J connectivity index is 2.83. The average Bonchev–Trinajstić information content (AvgIpc) is 2.65. The Morgan fingerprint density at radius 3 is 2.16 bits per heavy atom. The number of carbonyl (C=O) groups excluding carboxylic acids is 2. The number of alkyl carbamates (subject to hydrolysis) is 1. The molecule has 1 amide bonds. The van der Waals surface area contributed by atoms with Gasteiger partial charge in [0.25, 0.3) is 0 Å². The normalized spacial score (nSPS) is 12.9. The van der Waals surface area contributed by atoms with Crippen LogP contribution in [-0.4, -0.2) is 45.6 Å². The molecule has 1 aromatic rings. The highest BCUT2D eigenvalue weighted by Gasteiger charge is 2.36. The molecule has 0 fully saturated rings. The molecule has 0 aliphatic carbocycles. The molecule has 0 saturated carbocycles. The van der Waals surface area contributed by atoms with Crippen LogP contribution < -0.4 is 10.1 Å². The fourth-order valence-corrected chi connectivity index (χ4v) is 3.51. The monoisotopic (exact) mass is 461 g/mol. The van der Waals surface area contributed by atoms with Crippen LogP contribution in [0.5, 0.6) is 5.75 Å². The number of ketones is 1. The van der Waals surface area contributed by atoms with Crippen molar-refractivity contribution in [1.82, 2.24) is 5.32 Å². The lowest BCUT2D eigenvalue weighted by Crippen LogP contribution is -2.44. The fourth-order valence-electron chi connectivity index (χ4n) is 2.47. The summed E-state index contributed by atoms with van der Waals surface area (Å²) in [5, 5.41) is 2.79. The van der Waals surface area contributed by atoms with E-state index in [1.165, 1.54) is 0 Å². The summed E-state index contributed by atoms with van der Waals surface area (Å²) in [4.78, 5) is 25.1. The second kappa shape index (κ2) is 11.5. The zero-order valence-electron chi connectivity index (χ0n) is 21.0. The van der Waals surface area contributed by atoms with Gasteiger partial charge in [0.05, 0.1) is 7.11 Å². The third-order valence-corrected chi connectivity index (χ3v) is 9.85. The van der Waals surface area contributed by atoms with Crippen molar-refractivity contribution in [1.29, 1.82) is 0 Å². The van der Waals surface area contributed by atoms with Gasteiger partial charge < -0.3 is 19.2 Å². The van der Waals surface area contributed by atoms with Crippen molar-refractivity contribution in [2.45, 2.75) is 84.2 Å². The first-order valence-electron chi connectivity index (χ1n) is 10.9. The number of hydrogen-bond donors (Lipinski definition) is 1. The van der Waals surface area contributed by atoms with Crippen molar-refractivity contribution >= 4 is 20.2 Å². The van der Waals surface area contributed by atoms with E-state index in [-0.39, 0.29) is 10.8 Å². The first kappa shape index (κ1) is 27.7. The number of benzene rings is 1. The van der Waals surface area contributed by atoms with E-state index in [1.807, 2.05) is 24.3 Å². The summed E-state index contributed by atoms with van der Waals surface area (Å²) in [5.41, 5.74) is 0.216. The molecular weight excluding hydrogens is 422 g/mol. The predicted molar refractivity (Wildman–Crippen MR) is 130 cm³/mol. The molecule has 32 heavy (non-hydrogen) atoms. The van der Waals surface area contributed by atoms with Gasteiger partial charge in [-0.25, -0.2) is 4.79 Å². The van der Waals surface area contributed by atoms with E-state index < -0.39 is 26.1 Å². The number of hydrogen-bond acceptors (Lipinski definition) is 5. The lowest BCUT2D eigenvalue weighted by molar-refractivity contribution is -0.115. The summed E-state index contributed by atoms with van der Waals surface area (Å²) < 4.78 is 16.6. The highest BCUT2D eigenvalue weighted by atomic mass is 28.4. The van der Waals surface area contributed by atoms with Crippen LogP contribution in [0.15, 0.2) is 24.3 Å². The van der Waals surface area contributed by atoms with Gasteiger partial charge in [0.2, 0.25) is 5.78 Å². The molecular formula is C25H39NO5Si. The summed E-state index contributed by atoms with van der Waals surface area (Å²) in [6, 6.07) is 6.53. The Morgan fingerprint density at radius 2 is 1.66 bits per heavy atom. The van der Waals surface area contributed by atoms with E-state index in [0.29, 0.717) is 19.4 Å². The standard InChI is InChI=1S/C25H39NO5Si/c1-24(2,3)31-23(28)26-21(18-19-13-15-20(29-7)16-14-19)22(27)12-10-11-17-30-32(8,9)25(4,5)6/h13-16,21H,11,17-18H2,1-9H3,(H,26,28). The molecule has 0 spiro atoms. The van der Waals surface area contributed by atoms with Crippen LogP contribution in [0.2, 0.25) is 18.1 Å². The molecule has 0 aliphatic heterocycles. The highest BCUT2D eigenvalue weighted by Crippen LogP contribution is 2.36. The van der Waals surface area contributed by atoms with E-state index >= 15 is 0 Å². The van der Waals surface area contributed by atoms with Crippen LogP contribution in [0.3, 0.4) is 0 Å². The molecule has 1 aromatic carbocycles. The second-order valence-electron chi connectivity index (χ2n) is 10.3. The lowest BCUT2D eigenvalue weighted by atomic mass is 10.0. The molecule has 0 saturated heterocycles. The van der Waals surface area contributed by atoms with Gasteiger partial charge in [0.1, 0.15) is 17.4 Å². The molecule has 1 N–H and O–H groups in total. The highest BCUT2D eigenvalue weighted by molar-refractivity contribution is 6.74. The number of amides is 1. The molecule has 1 atom stereocenters. The Kier molecular flexibility index (Phi) is 9.99. The minimum Gasteiger partial charge on any atom is -0.497 e. The topological polar surface area (TPSA) is 73.9 Å². The molecule has 0 heterocycles. The van der Waals surface area contributed by atoms with Gasteiger partial charge in [0, 0.05) is 19.4 Å². The first-order chi connectivity index (χ1) is 14.6. The van der Waals surface area contributed by atoms with Gasteiger partial charge in [-0.3, -0.25) is 4.79 Å². The molecule has 0 bridgehead atoms. The largest absolute Gasteiger partial charge is 0.497 e. The maximum atomic E-state index is 12.8. The number of ether oxygens (including phenoxy) is 2. The van der Waals surface area contributed by atoms with Gasteiger partial charge in [-0.15, -0.1) is 0 Å². The lowest BCUT2D eigenvalue weighted by Gasteiger charge is -2.35. The van der Waals surface area contributed by atoms with Crippen LogP contribution in [0.1, 0.15) is 53.5 Å². The second-order valence-corrected chi connectivity index (χ2v) is 15.1. The maximum Gasteiger partial charge on any atom is 0.408 e. The Morgan fingerprint density at radius 1 is 1.06 bits per heavy atom. The zero-order chi connectivity index (χ0) is 24.6. The molecule has 1 rings (SSSR count). The molecule has 1 unspecified atom stereocenters. The van der Waals surface area contributed by atoms with Crippen LogP contribution in [0.4, 0.5) is 4.79 Å². The minimum atomic E-state index is -1.84. The molecule has 6 nitrogen and oxygen atoms in total. The maximum absolute atomic E-state index is 12.8. The van der Waals surface area contributed by atoms with Crippen LogP contribution in [0.25, 0.3) is 0 Å². The van der Waals surface area contributed by atoms with Gasteiger partial charge >= 0.3 is 6.09 Å². The van der Waals surface area contributed by atoms with Gasteiger partial charge in [0.15, 0.2) is 8.32 Å². The third-order valence-electron chi connectivity index (χ3n) is 5.31. The van der Waals surface area contributed by atoms with Crippen LogP contribution >= 0.6 is 0 Å². The summed E-state index contributed by atoms with van der Waals surface area (Å²) in [6.07, 6.45) is 0.115. The van der Waals surface area contributed by atoms with Gasteiger partial charge in [-0.1, -0.05) is 38.8 Å². The van der Waals surface area contributed by atoms with Crippen LogP contribution in [-0.2, 0) is 20.4 Å². The Hall–Kier alpha value is -2.30. The van der Waals surface area contributed by atoms with Crippen molar-refractivity contribution in [3.63, 3.8) is 0 Å². The number of nitrogens with one attached hydrogen (secondary N) is 1. The summed E-state index contributed by atoms with van der Waals surface area (Å²) in [6.45, 7) is 16.7. The van der Waals surface area contributed by atoms with E-state index in [2.05, 4.69) is 51.0 Å². The molecule has 0 radical (unpaired) electrons. The third kappa shape index (κ3) is 9.88. The smallest absolute Gasteiger partial charge is 0.408 e. The average molecular weight is 462 g/mol. The van der Waals surface area contributed by atoms with Crippen molar-refractivity contribution in [3.05, 3.63) is 29.8 Å². The number of Topliss-reactive ketones (excluding diaryl/α,β-unsaturated/α-hetero) is 1. The van der Waals surface area contributed by atoms with Gasteiger partial charge in [-0.05, 0) is 62.5 Å². The summed E-state index contributed by atoms with van der Waals surface area (Å²) >= 11 is 0. The molecule has 0 aromatic heterocycles. The molecule has 178 valence electrons. The minimum absolute atomic E-state index is 0.122. The quantitative estimate of drug-likeness (QED) is 0.252. The van der Waals surface area contributed by atoms with Gasteiger partial charge in [-0.2, -0.15) is 0 Å². The predicted octanol–water partition coefficient (Wildman–Crippen LogP) is 5.12. The SMILES string of the molecule is COc1ccc(CC(NC(=O)OC(C)(C)C)C(=O)C#CCCO[Si](C)(C)C(C)(C)C)cc1. The van der Waals surface area contributed by atoms with Crippen molar-refractivity contribution < 1.29 is 23.5 Å².